The van der Waals surface area contributed by atoms with Crippen LogP contribution in [-0.4, -0.2) is 35.7 Å². The Bertz CT molecular complexity index is 452. The molecule has 0 aromatic heterocycles. The van der Waals surface area contributed by atoms with E-state index in [0.717, 1.165) is 11.6 Å². The van der Waals surface area contributed by atoms with Crippen molar-refractivity contribution < 1.29 is 23.1 Å². The summed E-state index contributed by atoms with van der Waals surface area (Å²) in [5.41, 5.74) is 1.42. The molecule has 1 aromatic rings. The average Bonchev–Trinajstić information content (AvgIpc) is 2.25. The van der Waals surface area contributed by atoms with Crippen LogP contribution in [0.2, 0.25) is 0 Å². The lowest BCUT2D eigenvalue weighted by Crippen LogP contribution is -2.30. The Morgan fingerprint density at radius 2 is 1.89 bits per heavy atom. The van der Waals surface area contributed by atoms with Gasteiger partial charge in [0.1, 0.15) is 0 Å². The van der Waals surface area contributed by atoms with Crippen LogP contribution in [0.1, 0.15) is 11.1 Å². The summed E-state index contributed by atoms with van der Waals surface area (Å²) in [5, 5.41) is 8.46. The summed E-state index contributed by atoms with van der Waals surface area (Å²) >= 11 is 0. The molecule has 0 atom stereocenters. The van der Waals surface area contributed by atoms with Gasteiger partial charge in [0.05, 0.1) is 6.54 Å². The largest absolute Gasteiger partial charge is 0.478 e. The zero-order valence-electron chi connectivity index (χ0n) is 10.3. The number of alkyl halides is 3. The van der Waals surface area contributed by atoms with E-state index in [1.54, 1.807) is 24.3 Å². The molecule has 0 bridgehead atoms. The lowest BCUT2D eigenvalue weighted by atomic mass is 10.1. The Hall–Kier alpha value is -1.82. The highest BCUT2D eigenvalue weighted by Gasteiger charge is 2.28. The molecule has 6 heteroatoms. The van der Waals surface area contributed by atoms with Crippen molar-refractivity contribution in [2.75, 3.05) is 13.6 Å². The minimum absolute atomic E-state index is 0.183. The van der Waals surface area contributed by atoms with Gasteiger partial charge in [0.25, 0.3) is 0 Å². The van der Waals surface area contributed by atoms with Crippen molar-refractivity contribution >= 4 is 12.0 Å². The predicted octanol–water partition coefficient (Wildman–Crippen LogP) is 2.78. The van der Waals surface area contributed by atoms with Crippen LogP contribution >= 0.6 is 0 Å². The van der Waals surface area contributed by atoms with Crippen LogP contribution < -0.4 is 0 Å². The molecule has 0 amide bonds. The van der Waals surface area contributed by atoms with E-state index in [0.29, 0.717) is 5.56 Å². The topological polar surface area (TPSA) is 40.5 Å². The number of benzene rings is 1. The highest BCUT2D eigenvalue weighted by molar-refractivity contribution is 5.85. The maximum atomic E-state index is 12.1. The van der Waals surface area contributed by atoms with E-state index in [1.165, 1.54) is 18.0 Å². The summed E-state index contributed by atoms with van der Waals surface area (Å²) < 4.78 is 36.4. The quantitative estimate of drug-likeness (QED) is 0.839. The van der Waals surface area contributed by atoms with Gasteiger partial charge in [-0.05, 0) is 24.3 Å². The molecule has 0 unspecified atom stereocenters. The van der Waals surface area contributed by atoms with Gasteiger partial charge in [0.2, 0.25) is 0 Å². The van der Waals surface area contributed by atoms with E-state index in [4.69, 9.17) is 5.11 Å². The van der Waals surface area contributed by atoms with Crippen molar-refractivity contribution in [3.8, 4) is 0 Å². The van der Waals surface area contributed by atoms with E-state index in [1.807, 2.05) is 0 Å². The molecule has 19 heavy (non-hydrogen) atoms. The fraction of sp³-hybridized carbons (Fsp3) is 0.308. The van der Waals surface area contributed by atoms with Gasteiger partial charge in [-0.15, -0.1) is 0 Å². The van der Waals surface area contributed by atoms with Crippen LogP contribution in [0, 0.1) is 0 Å². The van der Waals surface area contributed by atoms with Crippen molar-refractivity contribution in [2.45, 2.75) is 12.7 Å². The lowest BCUT2D eigenvalue weighted by Gasteiger charge is -2.18. The Morgan fingerprint density at radius 3 is 2.37 bits per heavy atom. The number of carboxylic acid groups (broad SMARTS) is 1. The molecular formula is C13H14F3NO2. The van der Waals surface area contributed by atoms with E-state index in [9.17, 15) is 18.0 Å². The van der Waals surface area contributed by atoms with Gasteiger partial charge in [0, 0.05) is 12.6 Å². The van der Waals surface area contributed by atoms with Crippen molar-refractivity contribution in [3.63, 3.8) is 0 Å². The summed E-state index contributed by atoms with van der Waals surface area (Å²) in [6.07, 6.45) is -1.78. The molecule has 0 aliphatic carbocycles. The van der Waals surface area contributed by atoms with Crippen molar-refractivity contribution in [1.82, 2.24) is 4.90 Å². The first kappa shape index (κ1) is 15.2. The average molecular weight is 273 g/mol. The SMILES string of the molecule is CN(Cc1ccc(/C=C/C(=O)O)cc1)CC(F)(F)F. The molecule has 0 radical (unpaired) electrons. The maximum Gasteiger partial charge on any atom is 0.401 e. The van der Waals surface area contributed by atoms with Gasteiger partial charge in [-0.2, -0.15) is 13.2 Å². The normalized spacial score (nSPS) is 12.3. The minimum Gasteiger partial charge on any atom is -0.478 e. The van der Waals surface area contributed by atoms with Crippen molar-refractivity contribution in [2.24, 2.45) is 0 Å². The van der Waals surface area contributed by atoms with E-state index in [-0.39, 0.29) is 6.54 Å². The predicted molar refractivity (Wildman–Crippen MR) is 65.5 cm³/mol. The third-order valence-corrected chi connectivity index (χ3v) is 2.30. The molecule has 0 aliphatic heterocycles. The molecule has 0 spiro atoms. The molecule has 0 saturated carbocycles. The Kier molecular flexibility index (Phi) is 5.11. The number of hydrogen-bond donors (Lipinski definition) is 1. The molecule has 0 aliphatic rings. The van der Waals surface area contributed by atoms with Crippen LogP contribution in [0.4, 0.5) is 13.2 Å². The van der Waals surface area contributed by atoms with Crippen LogP contribution in [0.15, 0.2) is 30.3 Å². The molecule has 3 nitrogen and oxygen atoms in total. The smallest absolute Gasteiger partial charge is 0.401 e. The second-order valence-electron chi connectivity index (χ2n) is 4.20. The van der Waals surface area contributed by atoms with Crippen molar-refractivity contribution in [3.05, 3.63) is 41.5 Å². The maximum absolute atomic E-state index is 12.1. The Morgan fingerprint density at radius 1 is 1.32 bits per heavy atom. The van der Waals surface area contributed by atoms with Crippen molar-refractivity contribution in [1.29, 1.82) is 0 Å². The molecule has 104 valence electrons. The van der Waals surface area contributed by atoms with Crippen LogP contribution in [-0.2, 0) is 11.3 Å². The number of carboxylic acids is 1. The molecular weight excluding hydrogens is 259 g/mol. The highest BCUT2D eigenvalue weighted by Crippen LogP contribution is 2.17. The summed E-state index contributed by atoms with van der Waals surface area (Å²) in [6.45, 7) is -0.782. The summed E-state index contributed by atoms with van der Waals surface area (Å²) in [6, 6.07) is 6.68. The fourth-order valence-corrected chi connectivity index (χ4v) is 1.58. The van der Waals surface area contributed by atoms with Gasteiger partial charge in [-0.25, -0.2) is 4.79 Å². The number of halogens is 3. The highest BCUT2D eigenvalue weighted by atomic mass is 19.4. The first-order valence-corrected chi connectivity index (χ1v) is 5.51. The van der Waals surface area contributed by atoms with Gasteiger partial charge in [0.15, 0.2) is 0 Å². The van der Waals surface area contributed by atoms with Gasteiger partial charge >= 0.3 is 12.1 Å². The standard InChI is InChI=1S/C13H14F3NO2/c1-17(9-13(14,15)16)8-11-4-2-10(3-5-11)6-7-12(18)19/h2-7H,8-9H2,1H3,(H,18,19)/b7-6+. The van der Waals surface area contributed by atoms with E-state index >= 15 is 0 Å². The number of hydrogen-bond acceptors (Lipinski definition) is 2. The molecule has 0 heterocycles. The summed E-state index contributed by atoms with van der Waals surface area (Å²) in [5.74, 6) is -1.05. The van der Waals surface area contributed by atoms with Gasteiger partial charge in [-0.3, -0.25) is 4.90 Å². The number of rotatable bonds is 5. The third kappa shape index (κ3) is 6.61. The van der Waals surface area contributed by atoms with Gasteiger partial charge in [-0.1, -0.05) is 24.3 Å². The first-order chi connectivity index (χ1) is 8.76. The van der Waals surface area contributed by atoms with E-state index in [2.05, 4.69) is 0 Å². The Labute approximate surface area is 109 Å². The third-order valence-electron chi connectivity index (χ3n) is 2.30. The molecule has 0 fully saturated rings. The second kappa shape index (κ2) is 6.38. The Balaban J connectivity index is 2.59. The number of nitrogens with zero attached hydrogens (tertiary/aromatic N) is 1. The van der Waals surface area contributed by atoms with Crippen LogP contribution in [0.25, 0.3) is 6.08 Å². The van der Waals surface area contributed by atoms with Gasteiger partial charge < -0.3 is 5.11 Å². The minimum atomic E-state index is -4.21. The second-order valence-corrected chi connectivity index (χ2v) is 4.20. The molecule has 1 N–H and O–H groups in total. The van der Waals surface area contributed by atoms with Crippen LogP contribution in [0.5, 0.6) is 0 Å². The fourth-order valence-electron chi connectivity index (χ4n) is 1.58. The molecule has 1 rings (SSSR count). The lowest BCUT2D eigenvalue weighted by molar-refractivity contribution is -0.144. The molecule has 0 saturated heterocycles. The van der Waals surface area contributed by atoms with E-state index < -0.39 is 18.7 Å². The zero-order chi connectivity index (χ0) is 14.5. The first-order valence-electron chi connectivity index (χ1n) is 5.51. The zero-order valence-corrected chi connectivity index (χ0v) is 10.3. The monoisotopic (exact) mass is 273 g/mol. The van der Waals surface area contributed by atoms with Crippen LogP contribution in [0.3, 0.4) is 0 Å². The summed E-state index contributed by atoms with van der Waals surface area (Å²) in [4.78, 5) is 11.5. The summed E-state index contributed by atoms with van der Waals surface area (Å²) in [7, 11) is 1.39. The number of carbonyl (C=O) groups is 1. The number of aliphatic carboxylic acids is 1. The molecule has 1 aromatic carbocycles.